The molecule has 7 heteroatoms. The van der Waals surface area contributed by atoms with Gasteiger partial charge in [-0.2, -0.15) is 0 Å². The van der Waals surface area contributed by atoms with E-state index < -0.39 is 12.0 Å². The molecule has 2 rings (SSSR count). The fourth-order valence-electron chi connectivity index (χ4n) is 1.67. The predicted octanol–water partition coefficient (Wildman–Crippen LogP) is 3.39. The Morgan fingerprint density at radius 3 is 2.57 bits per heavy atom. The molecule has 1 aromatic carbocycles. The third-order valence-electron chi connectivity index (χ3n) is 2.64. The van der Waals surface area contributed by atoms with Crippen molar-refractivity contribution in [1.29, 1.82) is 0 Å². The highest BCUT2D eigenvalue weighted by Gasteiger charge is 2.16. The smallest absolute Gasteiger partial charge is 0.339 e. The number of rotatable bonds is 3. The van der Waals surface area contributed by atoms with Gasteiger partial charge in [-0.3, -0.25) is 4.98 Å². The highest BCUT2D eigenvalue weighted by Crippen LogP contribution is 2.24. The van der Waals surface area contributed by atoms with Gasteiger partial charge >= 0.3 is 12.0 Å². The van der Waals surface area contributed by atoms with Crippen molar-refractivity contribution in [3.8, 4) is 0 Å². The Morgan fingerprint density at radius 1 is 1.19 bits per heavy atom. The normalized spacial score (nSPS) is 10.0. The van der Waals surface area contributed by atoms with Gasteiger partial charge in [0.2, 0.25) is 0 Å². The Kier molecular flexibility index (Phi) is 4.39. The molecule has 2 aromatic rings. The maximum absolute atomic E-state index is 11.9. The lowest BCUT2D eigenvalue weighted by molar-refractivity contribution is 0.0698. The van der Waals surface area contributed by atoms with E-state index in [2.05, 4.69) is 15.6 Å². The summed E-state index contributed by atoms with van der Waals surface area (Å²) in [5.74, 6) is -1.21. The fourth-order valence-corrected chi connectivity index (χ4v) is 1.93. The van der Waals surface area contributed by atoms with Gasteiger partial charge < -0.3 is 15.7 Å². The molecular formula is C14H12ClN3O3. The maximum Gasteiger partial charge on any atom is 0.339 e. The van der Waals surface area contributed by atoms with Gasteiger partial charge in [-0.05, 0) is 31.2 Å². The largest absolute Gasteiger partial charge is 0.478 e. The van der Waals surface area contributed by atoms with Crippen LogP contribution in [0.1, 0.15) is 16.1 Å². The Balaban J connectivity index is 2.15. The number of anilines is 2. The number of pyridine rings is 1. The van der Waals surface area contributed by atoms with Crippen LogP contribution in [0.25, 0.3) is 0 Å². The van der Waals surface area contributed by atoms with Gasteiger partial charge in [0.25, 0.3) is 0 Å². The van der Waals surface area contributed by atoms with Gasteiger partial charge in [-0.25, -0.2) is 9.59 Å². The molecular weight excluding hydrogens is 294 g/mol. The molecule has 6 nitrogen and oxygen atoms in total. The second kappa shape index (κ2) is 6.23. The molecule has 1 heterocycles. The Morgan fingerprint density at radius 2 is 1.95 bits per heavy atom. The molecule has 0 aliphatic heterocycles. The van der Waals surface area contributed by atoms with E-state index >= 15 is 0 Å². The topological polar surface area (TPSA) is 91.3 Å². The summed E-state index contributed by atoms with van der Waals surface area (Å²) < 4.78 is 0. The second-order valence-electron chi connectivity index (χ2n) is 4.23. The maximum atomic E-state index is 11.9. The van der Waals surface area contributed by atoms with E-state index in [0.29, 0.717) is 5.69 Å². The summed E-state index contributed by atoms with van der Waals surface area (Å²) in [6, 6.07) is 7.32. The molecule has 0 atom stereocenters. The van der Waals surface area contributed by atoms with Crippen LogP contribution in [-0.2, 0) is 0 Å². The number of halogens is 1. The van der Waals surface area contributed by atoms with Crippen LogP contribution in [0.4, 0.5) is 16.2 Å². The number of carboxylic acids is 1. The number of nitrogens with zero attached hydrogens (tertiary/aromatic N) is 1. The number of aromatic carboxylic acids is 1. The summed E-state index contributed by atoms with van der Waals surface area (Å²) >= 11 is 5.82. The summed E-state index contributed by atoms with van der Waals surface area (Å²) in [5, 5.41) is 14.2. The monoisotopic (exact) mass is 305 g/mol. The first kappa shape index (κ1) is 14.8. The van der Waals surface area contributed by atoms with Crippen molar-refractivity contribution in [2.75, 3.05) is 10.6 Å². The number of carbonyl (C=O) groups is 2. The SMILES string of the molecule is Cc1ccc(NC(=O)Nc2cccc(Cl)c2C(=O)O)cn1. The van der Waals surface area contributed by atoms with E-state index in [1.54, 1.807) is 18.2 Å². The van der Waals surface area contributed by atoms with E-state index in [0.717, 1.165) is 5.69 Å². The van der Waals surface area contributed by atoms with Crippen molar-refractivity contribution in [3.63, 3.8) is 0 Å². The summed E-state index contributed by atoms with van der Waals surface area (Å²) in [6.45, 7) is 1.83. The third kappa shape index (κ3) is 3.70. The van der Waals surface area contributed by atoms with Crippen LogP contribution >= 0.6 is 11.6 Å². The molecule has 0 spiro atoms. The molecule has 0 radical (unpaired) electrons. The van der Waals surface area contributed by atoms with Gasteiger partial charge in [-0.15, -0.1) is 0 Å². The Bertz CT molecular complexity index is 686. The van der Waals surface area contributed by atoms with Crippen LogP contribution in [0.15, 0.2) is 36.5 Å². The van der Waals surface area contributed by atoms with Crippen LogP contribution in [0.2, 0.25) is 5.02 Å². The summed E-state index contributed by atoms with van der Waals surface area (Å²) in [4.78, 5) is 27.1. The number of urea groups is 1. The Hall–Kier alpha value is -2.60. The van der Waals surface area contributed by atoms with Crippen molar-refractivity contribution in [2.24, 2.45) is 0 Å². The molecule has 1 aromatic heterocycles. The molecule has 0 unspecified atom stereocenters. The van der Waals surface area contributed by atoms with E-state index in [9.17, 15) is 9.59 Å². The van der Waals surface area contributed by atoms with Gasteiger partial charge in [0.05, 0.1) is 22.6 Å². The van der Waals surface area contributed by atoms with Gasteiger partial charge in [-0.1, -0.05) is 17.7 Å². The predicted molar refractivity (Wildman–Crippen MR) is 80.0 cm³/mol. The lowest BCUT2D eigenvalue weighted by Crippen LogP contribution is -2.21. The van der Waals surface area contributed by atoms with Crippen molar-refractivity contribution in [1.82, 2.24) is 4.98 Å². The summed E-state index contributed by atoms with van der Waals surface area (Å²) in [6.07, 6.45) is 1.50. The molecule has 0 aliphatic carbocycles. The highest BCUT2D eigenvalue weighted by atomic mass is 35.5. The number of carboxylic acid groups (broad SMARTS) is 1. The molecule has 21 heavy (non-hydrogen) atoms. The van der Waals surface area contributed by atoms with Gasteiger partial charge in [0.15, 0.2) is 0 Å². The number of aryl methyl sites for hydroxylation is 1. The average Bonchev–Trinajstić information content (AvgIpc) is 2.41. The van der Waals surface area contributed by atoms with Crippen LogP contribution in [0, 0.1) is 6.92 Å². The average molecular weight is 306 g/mol. The first-order chi connectivity index (χ1) is 9.97. The highest BCUT2D eigenvalue weighted by molar-refractivity contribution is 6.34. The number of hydrogen-bond acceptors (Lipinski definition) is 3. The first-order valence-corrected chi connectivity index (χ1v) is 6.37. The summed E-state index contributed by atoms with van der Waals surface area (Å²) in [5.41, 5.74) is 1.28. The first-order valence-electron chi connectivity index (χ1n) is 6.00. The minimum atomic E-state index is -1.21. The second-order valence-corrected chi connectivity index (χ2v) is 4.64. The fraction of sp³-hybridized carbons (Fsp3) is 0.0714. The quantitative estimate of drug-likeness (QED) is 0.810. The Labute approximate surface area is 125 Å². The molecule has 2 amide bonds. The van der Waals surface area contributed by atoms with E-state index in [4.69, 9.17) is 16.7 Å². The zero-order valence-corrected chi connectivity index (χ0v) is 11.8. The van der Waals surface area contributed by atoms with Gasteiger partial charge in [0.1, 0.15) is 5.56 Å². The van der Waals surface area contributed by atoms with Gasteiger partial charge in [0, 0.05) is 5.69 Å². The van der Waals surface area contributed by atoms with Crippen LogP contribution in [0.3, 0.4) is 0 Å². The minimum absolute atomic E-state index is 0.0531. The standard InChI is InChI=1S/C14H12ClN3O3/c1-8-5-6-9(7-16-8)17-14(21)18-11-4-2-3-10(15)12(11)13(19)20/h2-7H,1H3,(H,19,20)(H2,17,18,21). The number of amides is 2. The molecule has 0 saturated heterocycles. The lowest BCUT2D eigenvalue weighted by Gasteiger charge is -2.10. The lowest BCUT2D eigenvalue weighted by atomic mass is 10.2. The molecule has 0 aliphatic rings. The van der Waals surface area contributed by atoms with Crippen LogP contribution in [0.5, 0.6) is 0 Å². The van der Waals surface area contributed by atoms with Crippen molar-refractivity contribution in [2.45, 2.75) is 6.92 Å². The van der Waals surface area contributed by atoms with Crippen molar-refractivity contribution in [3.05, 3.63) is 52.8 Å². The van der Waals surface area contributed by atoms with E-state index in [1.165, 1.54) is 18.3 Å². The van der Waals surface area contributed by atoms with Crippen molar-refractivity contribution >= 4 is 35.0 Å². The third-order valence-corrected chi connectivity index (χ3v) is 2.96. The molecule has 108 valence electrons. The zero-order chi connectivity index (χ0) is 15.4. The molecule has 3 N–H and O–H groups in total. The number of nitrogens with one attached hydrogen (secondary N) is 2. The van der Waals surface area contributed by atoms with E-state index in [1.807, 2.05) is 6.92 Å². The van der Waals surface area contributed by atoms with E-state index in [-0.39, 0.29) is 16.3 Å². The van der Waals surface area contributed by atoms with Crippen LogP contribution in [-0.4, -0.2) is 22.1 Å². The molecule has 0 saturated carbocycles. The number of benzene rings is 1. The number of carbonyl (C=O) groups excluding carboxylic acids is 1. The number of hydrogen-bond donors (Lipinski definition) is 3. The van der Waals surface area contributed by atoms with Crippen LogP contribution < -0.4 is 10.6 Å². The molecule has 0 fully saturated rings. The van der Waals surface area contributed by atoms with Crippen molar-refractivity contribution < 1.29 is 14.7 Å². The minimum Gasteiger partial charge on any atom is -0.478 e. The molecule has 0 bridgehead atoms. The zero-order valence-electron chi connectivity index (χ0n) is 11.1. The summed E-state index contributed by atoms with van der Waals surface area (Å²) in [7, 11) is 0. The number of aromatic nitrogens is 1.